The topological polar surface area (TPSA) is 83.5 Å². The Morgan fingerprint density at radius 3 is 2.58 bits per heavy atom. The van der Waals surface area contributed by atoms with E-state index in [1.165, 1.54) is 0 Å². The fourth-order valence-corrected chi connectivity index (χ4v) is 5.30. The summed E-state index contributed by atoms with van der Waals surface area (Å²) in [5, 5.41) is 0. The van der Waals surface area contributed by atoms with Crippen molar-refractivity contribution in [1.82, 2.24) is 14.9 Å². The van der Waals surface area contributed by atoms with Gasteiger partial charge in [0.25, 0.3) is 0 Å². The largest absolute Gasteiger partial charge is 0.352 e. The van der Waals surface area contributed by atoms with Crippen molar-refractivity contribution in [1.29, 1.82) is 0 Å². The molecule has 0 spiro atoms. The van der Waals surface area contributed by atoms with E-state index < -0.39 is 9.84 Å². The predicted molar refractivity (Wildman–Crippen MR) is 96.7 cm³/mol. The zero-order chi connectivity index (χ0) is 18.1. The van der Waals surface area contributed by atoms with Gasteiger partial charge < -0.3 is 9.80 Å². The van der Waals surface area contributed by atoms with Crippen LogP contribution in [0.5, 0.6) is 0 Å². The molecule has 2 aliphatic heterocycles. The molecule has 1 aromatic carbocycles. The normalized spacial score (nSPS) is 21.9. The molecule has 0 N–H and O–H groups in total. The zero-order valence-electron chi connectivity index (χ0n) is 14.3. The van der Waals surface area contributed by atoms with Gasteiger partial charge in [0.2, 0.25) is 5.91 Å². The van der Waals surface area contributed by atoms with Crippen LogP contribution < -0.4 is 4.90 Å². The summed E-state index contributed by atoms with van der Waals surface area (Å²) in [5.41, 5.74) is 0.639. The van der Waals surface area contributed by atoms with Gasteiger partial charge in [-0.2, -0.15) is 0 Å². The lowest BCUT2D eigenvalue weighted by molar-refractivity contribution is -0.133. The minimum atomic E-state index is -3.28. The molecule has 1 saturated heterocycles. The first-order chi connectivity index (χ1) is 12.6. The lowest BCUT2D eigenvalue weighted by Gasteiger charge is -2.37. The Balaban J connectivity index is 1.49. The van der Waals surface area contributed by atoms with Gasteiger partial charge in [-0.3, -0.25) is 9.78 Å². The minimum absolute atomic E-state index is 0.0196. The number of amides is 1. The quantitative estimate of drug-likeness (QED) is 0.785. The summed E-state index contributed by atoms with van der Waals surface area (Å²) >= 11 is 0. The van der Waals surface area contributed by atoms with Gasteiger partial charge >= 0.3 is 0 Å². The van der Waals surface area contributed by atoms with Gasteiger partial charge in [-0.15, -0.1) is 0 Å². The molecule has 0 radical (unpaired) electrons. The summed E-state index contributed by atoms with van der Waals surface area (Å²) in [6.45, 7) is 2.58. The maximum atomic E-state index is 13.1. The van der Waals surface area contributed by atoms with E-state index in [9.17, 15) is 13.2 Å². The molecule has 136 valence electrons. The molecule has 2 aliphatic rings. The number of aromatic nitrogens is 2. The van der Waals surface area contributed by atoms with Crippen LogP contribution >= 0.6 is 0 Å². The van der Waals surface area contributed by atoms with Gasteiger partial charge in [0.1, 0.15) is 5.82 Å². The second-order valence-electron chi connectivity index (χ2n) is 6.57. The number of carbonyl (C=O) groups is 1. The van der Waals surface area contributed by atoms with E-state index in [1.54, 1.807) is 42.9 Å². The summed E-state index contributed by atoms with van der Waals surface area (Å²) in [4.78, 5) is 25.7. The standard InChI is InChI=1S/C18H20N4O3S/c23-18(15-5-12-26(24,25)16-4-2-1-3-14(15)16)22-10-8-21(9-11-22)17-13-19-6-7-20-17/h1-4,6-7,13,15H,5,8-12H2. The lowest BCUT2D eigenvalue weighted by atomic mass is 9.94. The lowest BCUT2D eigenvalue weighted by Crippen LogP contribution is -2.50. The molecule has 0 saturated carbocycles. The molecule has 3 heterocycles. The Morgan fingerprint density at radius 1 is 1.08 bits per heavy atom. The number of carbonyl (C=O) groups excluding carboxylic acids is 1. The second-order valence-corrected chi connectivity index (χ2v) is 8.65. The van der Waals surface area contributed by atoms with Gasteiger partial charge in [-0.25, -0.2) is 13.4 Å². The van der Waals surface area contributed by atoms with Crippen molar-refractivity contribution in [3.05, 3.63) is 48.4 Å². The summed E-state index contributed by atoms with van der Waals surface area (Å²) < 4.78 is 24.5. The molecule has 1 aromatic heterocycles. The number of fused-ring (bicyclic) bond motifs is 1. The van der Waals surface area contributed by atoms with E-state index in [2.05, 4.69) is 14.9 Å². The number of hydrogen-bond donors (Lipinski definition) is 0. The third-order valence-corrected chi connectivity index (χ3v) is 6.88. The number of benzene rings is 1. The molecule has 0 bridgehead atoms. The number of rotatable bonds is 2. The summed E-state index contributed by atoms with van der Waals surface area (Å²) in [6, 6.07) is 6.88. The Bertz CT molecular complexity index is 909. The molecule has 1 fully saturated rings. The van der Waals surface area contributed by atoms with Crippen molar-refractivity contribution < 1.29 is 13.2 Å². The highest BCUT2D eigenvalue weighted by molar-refractivity contribution is 7.91. The molecule has 4 rings (SSSR count). The second kappa shape index (κ2) is 6.68. The monoisotopic (exact) mass is 372 g/mol. The first kappa shape index (κ1) is 17.0. The number of nitrogens with zero attached hydrogens (tertiary/aromatic N) is 4. The molecule has 7 nitrogen and oxygen atoms in total. The molecule has 2 aromatic rings. The third kappa shape index (κ3) is 3.05. The Morgan fingerprint density at radius 2 is 1.85 bits per heavy atom. The fraction of sp³-hybridized carbons (Fsp3) is 0.389. The maximum Gasteiger partial charge on any atom is 0.230 e. The summed E-state index contributed by atoms with van der Waals surface area (Å²) in [6.07, 6.45) is 5.37. The van der Waals surface area contributed by atoms with Crippen LogP contribution in [0.3, 0.4) is 0 Å². The van der Waals surface area contributed by atoms with E-state index in [1.807, 2.05) is 4.90 Å². The van der Waals surface area contributed by atoms with Crippen LogP contribution in [0.25, 0.3) is 0 Å². The Labute approximate surface area is 152 Å². The molecule has 1 atom stereocenters. The van der Waals surface area contributed by atoms with E-state index in [4.69, 9.17) is 0 Å². The average molecular weight is 372 g/mol. The zero-order valence-corrected chi connectivity index (χ0v) is 15.1. The number of sulfone groups is 1. The SMILES string of the molecule is O=C(C1CCS(=O)(=O)c2ccccc21)N1CCN(c2cnccn2)CC1. The molecule has 26 heavy (non-hydrogen) atoms. The first-order valence-corrected chi connectivity index (χ1v) is 10.3. The van der Waals surface area contributed by atoms with Crippen LogP contribution in [0.2, 0.25) is 0 Å². The van der Waals surface area contributed by atoms with Crippen LogP contribution in [0.4, 0.5) is 5.82 Å². The number of piperazine rings is 1. The Kier molecular flexibility index (Phi) is 4.36. The first-order valence-electron chi connectivity index (χ1n) is 8.68. The summed E-state index contributed by atoms with van der Waals surface area (Å²) in [5.74, 6) is 0.484. The highest BCUT2D eigenvalue weighted by Gasteiger charge is 2.36. The average Bonchev–Trinajstić information content (AvgIpc) is 2.69. The van der Waals surface area contributed by atoms with Crippen molar-refractivity contribution in [2.75, 3.05) is 36.8 Å². The van der Waals surface area contributed by atoms with Gasteiger partial charge in [0.05, 0.1) is 22.8 Å². The molecular weight excluding hydrogens is 352 g/mol. The van der Waals surface area contributed by atoms with Crippen molar-refractivity contribution >= 4 is 21.6 Å². The number of anilines is 1. The van der Waals surface area contributed by atoms with E-state index >= 15 is 0 Å². The highest BCUT2D eigenvalue weighted by Crippen LogP contribution is 2.35. The predicted octanol–water partition coefficient (Wildman–Crippen LogP) is 1.09. The molecule has 1 amide bonds. The minimum Gasteiger partial charge on any atom is -0.352 e. The van der Waals surface area contributed by atoms with Crippen LogP contribution in [0.15, 0.2) is 47.8 Å². The third-order valence-electron chi connectivity index (χ3n) is 5.07. The molecule has 8 heteroatoms. The molecule has 1 unspecified atom stereocenters. The summed E-state index contributed by atoms with van der Waals surface area (Å²) in [7, 11) is -3.28. The molecular formula is C18H20N4O3S. The van der Waals surface area contributed by atoms with Crippen LogP contribution in [-0.4, -0.2) is 61.1 Å². The number of hydrogen-bond acceptors (Lipinski definition) is 6. The van der Waals surface area contributed by atoms with Gasteiger partial charge in [-0.05, 0) is 18.1 Å². The van der Waals surface area contributed by atoms with E-state index in [0.29, 0.717) is 43.1 Å². The van der Waals surface area contributed by atoms with Crippen molar-refractivity contribution in [3.63, 3.8) is 0 Å². The molecule has 0 aliphatic carbocycles. The maximum absolute atomic E-state index is 13.1. The van der Waals surface area contributed by atoms with Gasteiger partial charge in [0, 0.05) is 38.6 Å². The van der Waals surface area contributed by atoms with Crippen LogP contribution in [-0.2, 0) is 14.6 Å². The highest BCUT2D eigenvalue weighted by atomic mass is 32.2. The Hall–Kier alpha value is -2.48. The van der Waals surface area contributed by atoms with Gasteiger partial charge in [-0.1, -0.05) is 18.2 Å². The van der Waals surface area contributed by atoms with Crippen LogP contribution in [0, 0.1) is 0 Å². The van der Waals surface area contributed by atoms with E-state index in [-0.39, 0.29) is 17.6 Å². The fourth-order valence-electron chi connectivity index (χ4n) is 3.68. The van der Waals surface area contributed by atoms with Crippen molar-refractivity contribution in [2.45, 2.75) is 17.2 Å². The smallest absolute Gasteiger partial charge is 0.230 e. The van der Waals surface area contributed by atoms with E-state index in [0.717, 1.165) is 5.82 Å². The van der Waals surface area contributed by atoms with Crippen molar-refractivity contribution in [3.8, 4) is 0 Å². The van der Waals surface area contributed by atoms with Gasteiger partial charge in [0.15, 0.2) is 9.84 Å². The van der Waals surface area contributed by atoms with Crippen molar-refractivity contribution in [2.24, 2.45) is 0 Å². The van der Waals surface area contributed by atoms with Crippen LogP contribution in [0.1, 0.15) is 17.9 Å².